The van der Waals surface area contributed by atoms with Crippen LogP contribution in [0.4, 0.5) is 23.8 Å². The number of ether oxygens (including phenoxy) is 2. The third kappa shape index (κ3) is 4.92. The quantitative estimate of drug-likeness (QED) is 0.513. The number of anilines is 1. The van der Waals surface area contributed by atoms with Crippen LogP contribution in [-0.2, 0) is 11.3 Å². The summed E-state index contributed by atoms with van der Waals surface area (Å²) in [5.41, 5.74) is 1.22. The molecule has 2 fully saturated rings. The van der Waals surface area contributed by atoms with Crippen molar-refractivity contribution in [1.82, 2.24) is 29.0 Å². The van der Waals surface area contributed by atoms with E-state index in [-0.39, 0.29) is 23.2 Å². The lowest BCUT2D eigenvalue weighted by Gasteiger charge is -2.60. The average molecular weight is 522 g/mol. The third-order valence-electron chi connectivity index (χ3n) is 6.94. The number of methoxy groups -OCH3 is 1. The lowest BCUT2D eigenvalue weighted by molar-refractivity contribution is -0.274. The maximum atomic E-state index is 13.2. The molecule has 1 aliphatic heterocycles. The molecule has 0 atom stereocenters. The molecule has 0 radical (unpaired) electrons. The van der Waals surface area contributed by atoms with Crippen LogP contribution < -0.4 is 10.1 Å². The van der Waals surface area contributed by atoms with Gasteiger partial charge in [-0.3, -0.25) is 10.1 Å². The van der Waals surface area contributed by atoms with E-state index in [1.54, 1.807) is 36.0 Å². The van der Waals surface area contributed by atoms with E-state index in [4.69, 9.17) is 4.74 Å². The number of amides is 3. The minimum absolute atomic E-state index is 0.0437. The molecule has 1 saturated carbocycles. The number of urea groups is 1. The van der Waals surface area contributed by atoms with Crippen molar-refractivity contribution in [2.75, 3.05) is 39.2 Å². The maximum Gasteiger partial charge on any atom is 0.573 e. The molecule has 1 spiro atoms. The highest BCUT2D eigenvalue weighted by atomic mass is 19.4. The van der Waals surface area contributed by atoms with Gasteiger partial charge in [0, 0.05) is 69.9 Å². The molecular formula is C23H26F3N7O4. The molecule has 198 valence electrons. The number of nitrogens with one attached hydrogen (secondary N) is 1. The normalized spacial score (nSPS) is 16.9. The average Bonchev–Trinajstić information content (AvgIpc) is 3.37. The van der Waals surface area contributed by atoms with E-state index in [0.717, 1.165) is 36.8 Å². The van der Waals surface area contributed by atoms with Crippen LogP contribution in [0.2, 0.25) is 0 Å². The molecule has 0 unspecified atom stereocenters. The van der Waals surface area contributed by atoms with Crippen molar-refractivity contribution in [3.63, 3.8) is 0 Å². The van der Waals surface area contributed by atoms with Crippen LogP contribution >= 0.6 is 0 Å². The van der Waals surface area contributed by atoms with Crippen LogP contribution in [0.3, 0.4) is 0 Å². The Morgan fingerprint density at radius 1 is 1.27 bits per heavy atom. The Morgan fingerprint density at radius 3 is 2.73 bits per heavy atom. The van der Waals surface area contributed by atoms with Gasteiger partial charge < -0.3 is 23.8 Å². The highest BCUT2D eigenvalue weighted by molar-refractivity contribution is 6.00. The zero-order valence-corrected chi connectivity index (χ0v) is 20.2. The van der Waals surface area contributed by atoms with Gasteiger partial charge in [0.25, 0.3) is 5.91 Å². The van der Waals surface area contributed by atoms with Crippen LogP contribution in [0.1, 0.15) is 23.2 Å². The fraction of sp³-hybridized carbons (Fsp3) is 0.478. The van der Waals surface area contributed by atoms with Gasteiger partial charge in [-0.2, -0.15) is 5.10 Å². The lowest BCUT2D eigenvalue weighted by atomic mass is 9.60. The fourth-order valence-corrected chi connectivity index (χ4v) is 5.08. The Bertz CT molecular complexity index is 1310. The SMILES string of the molecule is COCCn1ccn2ncc(C(=O)N3CC4(CC(N(C)C(=O)Nc5cc(OC(F)(F)F)ccn5)C4)C3)c12. The topological polar surface area (TPSA) is 106 Å². The van der Waals surface area contributed by atoms with Crippen molar-refractivity contribution < 1.29 is 32.2 Å². The first-order valence-electron chi connectivity index (χ1n) is 11.6. The van der Waals surface area contributed by atoms with Crippen LogP contribution in [0.5, 0.6) is 5.75 Å². The zero-order valence-electron chi connectivity index (χ0n) is 20.2. The Kier molecular flexibility index (Phi) is 6.22. The molecule has 37 heavy (non-hydrogen) atoms. The number of pyridine rings is 1. The lowest BCUT2D eigenvalue weighted by Crippen LogP contribution is -2.67. The number of carbonyl (C=O) groups is 2. The zero-order chi connectivity index (χ0) is 26.4. The maximum absolute atomic E-state index is 13.2. The summed E-state index contributed by atoms with van der Waals surface area (Å²) in [4.78, 5) is 33.0. The molecule has 0 bridgehead atoms. The number of rotatable bonds is 7. The van der Waals surface area contributed by atoms with E-state index in [1.807, 2.05) is 10.8 Å². The Balaban J connectivity index is 1.14. The number of nitrogens with zero attached hydrogens (tertiary/aromatic N) is 6. The largest absolute Gasteiger partial charge is 0.573 e. The van der Waals surface area contributed by atoms with Crippen molar-refractivity contribution >= 4 is 23.4 Å². The first-order chi connectivity index (χ1) is 17.6. The van der Waals surface area contributed by atoms with Gasteiger partial charge in [0.2, 0.25) is 0 Å². The van der Waals surface area contributed by atoms with Crippen LogP contribution in [-0.4, -0.2) is 87.2 Å². The highest BCUT2D eigenvalue weighted by Crippen LogP contribution is 2.50. The standard InChI is InChI=1S/C23H26F3N7O4/c1-30(21(35)29-18-9-16(3-4-27-18)37-23(24,25)26)15-10-22(11-15)13-32(14-22)20(34)17-12-28-33-6-5-31(19(17)33)7-8-36-2/h3-6,9,12,15H,7-8,10-11,13-14H2,1-2H3,(H,27,29,35). The van der Waals surface area contributed by atoms with Gasteiger partial charge in [0.1, 0.15) is 22.8 Å². The summed E-state index contributed by atoms with van der Waals surface area (Å²) in [7, 11) is 3.25. The van der Waals surface area contributed by atoms with Crippen molar-refractivity contribution in [3.05, 3.63) is 42.5 Å². The van der Waals surface area contributed by atoms with Crippen LogP contribution in [0.25, 0.3) is 5.65 Å². The van der Waals surface area contributed by atoms with Crippen molar-refractivity contribution in [1.29, 1.82) is 0 Å². The number of likely N-dealkylation sites (tertiary alicyclic amines) is 1. The third-order valence-corrected chi connectivity index (χ3v) is 6.94. The molecule has 4 heterocycles. The fourth-order valence-electron chi connectivity index (χ4n) is 5.08. The van der Waals surface area contributed by atoms with E-state index in [9.17, 15) is 22.8 Å². The molecule has 0 aromatic carbocycles. The molecular weight excluding hydrogens is 495 g/mol. The molecule has 3 aromatic heterocycles. The van der Waals surface area contributed by atoms with Crippen molar-refractivity contribution in [2.24, 2.45) is 5.41 Å². The van der Waals surface area contributed by atoms with Gasteiger partial charge in [0.05, 0.1) is 12.8 Å². The summed E-state index contributed by atoms with van der Waals surface area (Å²) in [5, 5.41) is 6.78. The van der Waals surface area contributed by atoms with E-state index in [1.165, 1.54) is 4.90 Å². The summed E-state index contributed by atoms with van der Waals surface area (Å²) in [6, 6.07) is 1.53. The van der Waals surface area contributed by atoms with Gasteiger partial charge >= 0.3 is 12.4 Å². The molecule has 11 nitrogen and oxygen atoms in total. The molecule has 1 saturated heterocycles. The van der Waals surface area contributed by atoms with Crippen LogP contribution in [0, 0.1) is 5.41 Å². The molecule has 2 aliphatic rings. The van der Waals surface area contributed by atoms with Gasteiger partial charge in [-0.15, -0.1) is 13.2 Å². The summed E-state index contributed by atoms with van der Waals surface area (Å²) >= 11 is 0. The summed E-state index contributed by atoms with van der Waals surface area (Å²) in [6.45, 7) is 2.30. The second-order valence-electron chi connectivity index (χ2n) is 9.50. The summed E-state index contributed by atoms with van der Waals surface area (Å²) in [5.74, 6) is -0.598. The highest BCUT2D eigenvalue weighted by Gasteiger charge is 2.55. The first-order valence-corrected chi connectivity index (χ1v) is 11.6. The Morgan fingerprint density at radius 2 is 2.03 bits per heavy atom. The van der Waals surface area contributed by atoms with Gasteiger partial charge in [-0.25, -0.2) is 14.3 Å². The second kappa shape index (κ2) is 9.25. The monoisotopic (exact) mass is 521 g/mol. The summed E-state index contributed by atoms with van der Waals surface area (Å²) in [6.07, 6.45) is 2.97. The van der Waals surface area contributed by atoms with E-state index < -0.39 is 18.1 Å². The van der Waals surface area contributed by atoms with Crippen molar-refractivity contribution in [3.8, 4) is 5.75 Å². The number of aromatic nitrogens is 4. The number of hydrogen-bond acceptors (Lipinski definition) is 6. The van der Waals surface area contributed by atoms with Gasteiger partial charge in [-0.05, 0) is 18.9 Å². The van der Waals surface area contributed by atoms with E-state index >= 15 is 0 Å². The number of carbonyl (C=O) groups excluding carboxylic acids is 2. The molecule has 1 N–H and O–H groups in total. The molecule has 3 amide bonds. The van der Waals surface area contributed by atoms with Gasteiger partial charge in [-0.1, -0.05) is 0 Å². The number of fused-ring (bicyclic) bond motifs is 1. The van der Waals surface area contributed by atoms with Crippen LogP contribution in [0.15, 0.2) is 36.9 Å². The predicted octanol–water partition coefficient (Wildman–Crippen LogP) is 2.84. The molecule has 1 aliphatic carbocycles. The summed E-state index contributed by atoms with van der Waals surface area (Å²) < 4.78 is 49.9. The number of alkyl halides is 3. The van der Waals surface area contributed by atoms with Gasteiger partial charge in [0.15, 0.2) is 0 Å². The molecule has 3 aromatic rings. The Labute approximate surface area is 209 Å². The minimum Gasteiger partial charge on any atom is -0.406 e. The predicted molar refractivity (Wildman–Crippen MR) is 124 cm³/mol. The minimum atomic E-state index is -4.84. The Hall–Kier alpha value is -3.81. The number of imidazole rings is 1. The van der Waals surface area contributed by atoms with E-state index in [2.05, 4.69) is 20.1 Å². The molecule has 5 rings (SSSR count). The number of hydrogen-bond donors (Lipinski definition) is 1. The second-order valence-corrected chi connectivity index (χ2v) is 9.50. The smallest absolute Gasteiger partial charge is 0.406 e. The van der Waals surface area contributed by atoms with Crippen molar-refractivity contribution in [2.45, 2.75) is 31.8 Å². The molecule has 14 heteroatoms. The first kappa shape index (κ1) is 24.9. The number of halogens is 3. The van der Waals surface area contributed by atoms with E-state index in [0.29, 0.717) is 31.8 Å².